The van der Waals surface area contributed by atoms with E-state index in [0.717, 1.165) is 5.69 Å². The molecule has 0 aliphatic carbocycles. The van der Waals surface area contributed by atoms with Crippen molar-refractivity contribution in [1.29, 1.82) is 0 Å². The standard InChI is InChI=1S/C21H22N2O/c1-16(21(24)15-22-14-17-7-3-2-4-8-17)23-20-12-11-18-9-5-6-10-19(18)13-20/h2-13,16,22-23H,14-15H2,1H3/t16-/m0/s1. The second-order valence-electron chi connectivity index (χ2n) is 5.98. The first-order valence-corrected chi connectivity index (χ1v) is 8.25. The fourth-order valence-corrected chi connectivity index (χ4v) is 2.69. The van der Waals surface area contributed by atoms with Gasteiger partial charge in [0, 0.05) is 12.2 Å². The number of carbonyl (C=O) groups excluding carboxylic acids is 1. The summed E-state index contributed by atoms with van der Waals surface area (Å²) in [7, 11) is 0. The van der Waals surface area contributed by atoms with Gasteiger partial charge in [-0.2, -0.15) is 0 Å². The summed E-state index contributed by atoms with van der Waals surface area (Å²) < 4.78 is 0. The van der Waals surface area contributed by atoms with Crippen molar-refractivity contribution in [2.45, 2.75) is 19.5 Å². The van der Waals surface area contributed by atoms with Gasteiger partial charge in [0.25, 0.3) is 0 Å². The lowest BCUT2D eigenvalue weighted by atomic mass is 10.1. The van der Waals surface area contributed by atoms with E-state index in [4.69, 9.17) is 0 Å². The predicted octanol–water partition coefficient (Wildman–Crippen LogP) is 4.00. The Morgan fingerprint density at radius 3 is 2.42 bits per heavy atom. The minimum atomic E-state index is -0.227. The number of benzene rings is 3. The molecule has 0 aliphatic heterocycles. The average molecular weight is 318 g/mol. The van der Waals surface area contributed by atoms with Gasteiger partial charge in [-0.3, -0.25) is 4.79 Å². The van der Waals surface area contributed by atoms with Crippen molar-refractivity contribution < 1.29 is 4.79 Å². The average Bonchev–Trinajstić information content (AvgIpc) is 2.62. The Bertz CT molecular complexity index is 814. The third kappa shape index (κ3) is 4.21. The van der Waals surface area contributed by atoms with E-state index in [9.17, 15) is 4.79 Å². The zero-order chi connectivity index (χ0) is 16.8. The van der Waals surface area contributed by atoms with Crippen LogP contribution < -0.4 is 10.6 Å². The number of Topliss-reactive ketones (excluding diaryl/α,β-unsaturated/α-hetero) is 1. The van der Waals surface area contributed by atoms with Gasteiger partial charge in [-0.15, -0.1) is 0 Å². The quantitative estimate of drug-likeness (QED) is 0.692. The summed E-state index contributed by atoms with van der Waals surface area (Å²) in [6.45, 7) is 2.97. The molecule has 0 amide bonds. The molecule has 0 saturated carbocycles. The maximum absolute atomic E-state index is 12.3. The lowest BCUT2D eigenvalue weighted by Crippen LogP contribution is -2.34. The molecule has 2 N–H and O–H groups in total. The lowest BCUT2D eigenvalue weighted by Gasteiger charge is -2.15. The maximum Gasteiger partial charge on any atom is 0.168 e. The van der Waals surface area contributed by atoms with Crippen molar-refractivity contribution in [3.63, 3.8) is 0 Å². The Kier molecular flexibility index (Phi) is 5.24. The number of hydrogen-bond donors (Lipinski definition) is 2. The van der Waals surface area contributed by atoms with Gasteiger partial charge in [-0.1, -0.05) is 60.7 Å². The number of hydrogen-bond acceptors (Lipinski definition) is 3. The number of rotatable bonds is 7. The lowest BCUT2D eigenvalue weighted by molar-refractivity contribution is -0.118. The van der Waals surface area contributed by atoms with Gasteiger partial charge in [0.05, 0.1) is 12.6 Å². The SMILES string of the molecule is C[C@H](Nc1ccc2ccccc2c1)C(=O)CNCc1ccccc1. The highest BCUT2D eigenvalue weighted by Gasteiger charge is 2.12. The second kappa shape index (κ2) is 7.75. The van der Waals surface area contributed by atoms with Crippen LogP contribution in [0.5, 0.6) is 0 Å². The van der Waals surface area contributed by atoms with E-state index >= 15 is 0 Å². The van der Waals surface area contributed by atoms with Crippen molar-refractivity contribution >= 4 is 22.2 Å². The molecule has 3 aromatic rings. The van der Waals surface area contributed by atoms with Crippen molar-refractivity contribution in [3.8, 4) is 0 Å². The van der Waals surface area contributed by atoms with E-state index in [-0.39, 0.29) is 11.8 Å². The van der Waals surface area contributed by atoms with Crippen LogP contribution in [0.25, 0.3) is 10.8 Å². The van der Waals surface area contributed by atoms with Crippen LogP contribution in [-0.2, 0) is 11.3 Å². The van der Waals surface area contributed by atoms with Crippen LogP contribution in [0.3, 0.4) is 0 Å². The number of carbonyl (C=O) groups is 1. The molecule has 0 radical (unpaired) electrons. The third-order valence-corrected chi connectivity index (χ3v) is 4.09. The number of ketones is 1. The van der Waals surface area contributed by atoms with Crippen molar-refractivity contribution in [3.05, 3.63) is 78.4 Å². The Morgan fingerprint density at radius 2 is 1.62 bits per heavy atom. The van der Waals surface area contributed by atoms with Crippen LogP contribution in [0.4, 0.5) is 5.69 Å². The molecule has 24 heavy (non-hydrogen) atoms. The maximum atomic E-state index is 12.3. The topological polar surface area (TPSA) is 41.1 Å². The van der Waals surface area contributed by atoms with E-state index in [1.54, 1.807) is 0 Å². The van der Waals surface area contributed by atoms with Gasteiger partial charge < -0.3 is 10.6 Å². The Balaban J connectivity index is 1.53. The third-order valence-electron chi connectivity index (χ3n) is 4.09. The van der Waals surface area contributed by atoms with E-state index in [1.165, 1.54) is 16.3 Å². The van der Waals surface area contributed by atoms with Gasteiger partial charge in [-0.25, -0.2) is 0 Å². The van der Waals surface area contributed by atoms with Crippen molar-refractivity contribution in [1.82, 2.24) is 5.32 Å². The molecule has 0 fully saturated rings. The van der Waals surface area contributed by atoms with Gasteiger partial charge in [0.2, 0.25) is 0 Å². The summed E-state index contributed by atoms with van der Waals surface area (Å²) >= 11 is 0. The molecule has 3 rings (SSSR count). The Labute approximate surface area is 142 Å². The Morgan fingerprint density at radius 1 is 0.917 bits per heavy atom. The molecule has 3 nitrogen and oxygen atoms in total. The highest BCUT2D eigenvalue weighted by molar-refractivity contribution is 5.90. The van der Waals surface area contributed by atoms with Crippen molar-refractivity contribution in [2.24, 2.45) is 0 Å². The van der Waals surface area contributed by atoms with Crippen LogP contribution in [0, 0.1) is 0 Å². The summed E-state index contributed by atoms with van der Waals surface area (Å²) in [5, 5.41) is 8.87. The highest BCUT2D eigenvalue weighted by Crippen LogP contribution is 2.19. The van der Waals surface area contributed by atoms with Crippen LogP contribution in [-0.4, -0.2) is 18.4 Å². The molecule has 3 heteroatoms. The monoisotopic (exact) mass is 318 g/mol. The predicted molar refractivity (Wildman–Crippen MR) is 100 cm³/mol. The first kappa shape index (κ1) is 16.2. The molecule has 0 spiro atoms. The molecule has 0 bridgehead atoms. The van der Waals surface area contributed by atoms with Crippen LogP contribution in [0.2, 0.25) is 0 Å². The second-order valence-corrected chi connectivity index (χ2v) is 5.98. The smallest absolute Gasteiger partial charge is 0.168 e. The van der Waals surface area contributed by atoms with E-state index in [0.29, 0.717) is 13.1 Å². The fourth-order valence-electron chi connectivity index (χ4n) is 2.69. The summed E-state index contributed by atoms with van der Waals surface area (Å²) in [6, 6.07) is 24.2. The number of anilines is 1. The van der Waals surface area contributed by atoms with Gasteiger partial charge in [0.15, 0.2) is 5.78 Å². The molecule has 0 aromatic heterocycles. The molecular formula is C21H22N2O. The van der Waals surface area contributed by atoms with E-state index in [1.807, 2.05) is 55.5 Å². The normalized spacial score (nSPS) is 12.0. The van der Waals surface area contributed by atoms with Crippen LogP contribution in [0.1, 0.15) is 12.5 Å². The number of nitrogens with one attached hydrogen (secondary N) is 2. The summed E-state index contributed by atoms with van der Waals surface area (Å²) in [6.07, 6.45) is 0. The Hall–Kier alpha value is -2.65. The molecule has 3 aromatic carbocycles. The highest BCUT2D eigenvalue weighted by atomic mass is 16.1. The summed E-state index contributed by atoms with van der Waals surface area (Å²) in [5.41, 5.74) is 2.15. The summed E-state index contributed by atoms with van der Waals surface area (Å²) in [4.78, 5) is 12.3. The molecule has 1 atom stereocenters. The van der Waals surface area contributed by atoms with E-state index in [2.05, 4.69) is 34.9 Å². The first-order valence-electron chi connectivity index (χ1n) is 8.25. The van der Waals surface area contributed by atoms with Crippen LogP contribution in [0.15, 0.2) is 72.8 Å². The zero-order valence-corrected chi connectivity index (χ0v) is 13.8. The van der Waals surface area contributed by atoms with E-state index < -0.39 is 0 Å². The molecule has 0 unspecified atom stereocenters. The minimum Gasteiger partial charge on any atom is -0.375 e. The van der Waals surface area contributed by atoms with Gasteiger partial charge >= 0.3 is 0 Å². The van der Waals surface area contributed by atoms with Crippen LogP contribution >= 0.6 is 0 Å². The fraction of sp³-hybridized carbons (Fsp3) is 0.190. The molecule has 0 aliphatic rings. The van der Waals surface area contributed by atoms with Gasteiger partial charge in [-0.05, 0) is 35.4 Å². The van der Waals surface area contributed by atoms with Crippen molar-refractivity contribution in [2.75, 3.05) is 11.9 Å². The minimum absolute atomic E-state index is 0.152. The first-order chi connectivity index (χ1) is 11.7. The zero-order valence-electron chi connectivity index (χ0n) is 13.8. The summed E-state index contributed by atoms with van der Waals surface area (Å²) in [5.74, 6) is 0.152. The number of fused-ring (bicyclic) bond motifs is 1. The van der Waals surface area contributed by atoms with Gasteiger partial charge in [0.1, 0.15) is 0 Å². The molecule has 122 valence electrons. The molecular weight excluding hydrogens is 296 g/mol. The largest absolute Gasteiger partial charge is 0.375 e. The molecule has 0 heterocycles. The molecule has 0 saturated heterocycles.